The minimum atomic E-state index is 0.320. The molecular weight excluding hydrogens is 272 g/mol. The maximum absolute atomic E-state index is 5.73. The highest BCUT2D eigenvalue weighted by Crippen LogP contribution is 2.28. The Morgan fingerprint density at radius 1 is 1.50 bits per heavy atom. The summed E-state index contributed by atoms with van der Waals surface area (Å²) in [6.07, 6.45) is 1.47. The lowest BCUT2D eigenvalue weighted by molar-refractivity contribution is 0.203. The first-order valence-corrected chi connectivity index (χ1v) is 5.88. The molecule has 0 aromatic carbocycles. The van der Waals surface area contributed by atoms with E-state index in [0.29, 0.717) is 18.5 Å². The standard InChI is InChI=1S/C10H17BrN4O/c1-7(2)15(4-5-16-3)10-8(11)9(12)13-6-14-10/h6-7H,4-5H2,1-3H3,(H2,12,13,14). The highest BCUT2D eigenvalue weighted by molar-refractivity contribution is 9.10. The Labute approximate surface area is 104 Å². The summed E-state index contributed by atoms with van der Waals surface area (Å²) in [5.74, 6) is 1.26. The molecule has 1 aromatic heterocycles. The number of aromatic nitrogens is 2. The van der Waals surface area contributed by atoms with Crippen molar-refractivity contribution in [3.05, 3.63) is 10.8 Å². The fourth-order valence-corrected chi connectivity index (χ4v) is 1.80. The zero-order chi connectivity index (χ0) is 12.1. The number of nitrogens with zero attached hydrogens (tertiary/aromatic N) is 3. The van der Waals surface area contributed by atoms with E-state index in [-0.39, 0.29) is 0 Å². The molecule has 0 saturated carbocycles. The Kier molecular flexibility index (Phi) is 4.95. The van der Waals surface area contributed by atoms with Crippen LogP contribution < -0.4 is 10.6 Å². The third kappa shape index (κ3) is 3.05. The van der Waals surface area contributed by atoms with Crippen molar-refractivity contribution >= 4 is 27.6 Å². The molecule has 1 rings (SSSR count). The first kappa shape index (κ1) is 13.2. The highest BCUT2D eigenvalue weighted by atomic mass is 79.9. The molecule has 0 unspecified atom stereocenters. The summed E-state index contributed by atoms with van der Waals surface area (Å²) in [7, 11) is 1.68. The van der Waals surface area contributed by atoms with E-state index in [2.05, 4.69) is 44.6 Å². The molecule has 6 heteroatoms. The molecule has 0 fully saturated rings. The van der Waals surface area contributed by atoms with Crippen molar-refractivity contribution in [2.45, 2.75) is 19.9 Å². The second-order valence-electron chi connectivity index (χ2n) is 3.68. The Morgan fingerprint density at radius 3 is 2.75 bits per heavy atom. The van der Waals surface area contributed by atoms with E-state index < -0.39 is 0 Å². The summed E-state index contributed by atoms with van der Waals surface area (Å²) < 4.78 is 5.82. The predicted octanol–water partition coefficient (Wildman–Crippen LogP) is 1.68. The van der Waals surface area contributed by atoms with Crippen LogP contribution >= 0.6 is 15.9 Å². The normalized spacial score (nSPS) is 10.8. The van der Waals surface area contributed by atoms with Gasteiger partial charge in [-0.15, -0.1) is 0 Å². The largest absolute Gasteiger partial charge is 0.383 e. The summed E-state index contributed by atoms with van der Waals surface area (Å²) in [6.45, 7) is 5.61. The zero-order valence-corrected chi connectivity index (χ0v) is 11.4. The first-order valence-electron chi connectivity index (χ1n) is 5.09. The predicted molar refractivity (Wildman–Crippen MR) is 68.5 cm³/mol. The number of hydrogen-bond acceptors (Lipinski definition) is 5. The Morgan fingerprint density at radius 2 is 2.19 bits per heavy atom. The van der Waals surface area contributed by atoms with Gasteiger partial charge < -0.3 is 15.4 Å². The number of halogens is 1. The minimum absolute atomic E-state index is 0.320. The highest BCUT2D eigenvalue weighted by Gasteiger charge is 2.16. The third-order valence-corrected chi connectivity index (χ3v) is 2.99. The van der Waals surface area contributed by atoms with Crippen molar-refractivity contribution in [2.24, 2.45) is 0 Å². The molecule has 1 aromatic rings. The lowest BCUT2D eigenvalue weighted by Crippen LogP contribution is -2.35. The number of methoxy groups -OCH3 is 1. The maximum Gasteiger partial charge on any atom is 0.148 e. The van der Waals surface area contributed by atoms with Crippen LogP contribution in [0.4, 0.5) is 11.6 Å². The molecule has 0 saturated heterocycles. The Balaban J connectivity index is 2.96. The molecular formula is C10H17BrN4O. The average Bonchev–Trinajstić information content (AvgIpc) is 2.24. The van der Waals surface area contributed by atoms with Crippen LogP contribution in [-0.4, -0.2) is 36.3 Å². The van der Waals surface area contributed by atoms with Gasteiger partial charge in [0, 0.05) is 19.7 Å². The molecule has 90 valence electrons. The van der Waals surface area contributed by atoms with Gasteiger partial charge >= 0.3 is 0 Å². The van der Waals surface area contributed by atoms with Crippen molar-refractivity contribution in [3.8, 4) is 0 Å². The molecule has 0 aliphatic heterocycles. The molecule has 1 heterocycles. The lowest BCUT2D eigenvalue weighted by atomic mass is 10.3. The van der Waals surface area contributed by atoms with Gasteiger partial charge in [0.05, 0.1) is 6.61 Å². The third-order valence-electron chi connectivity index (χ3n) is 2.23. The van der Waals surface area contributed by atoms with Crippen molar-refractivity contribution in [1.82, 2.24) is 9.97 Å². The fourth-order valence-electron chi connectivity index (χ4n) is 1.37. The van der Waals surface area contributed by atoms with Crippen LogP contribution in [-0.2, 0) is 4.74 Å². The molecule has 16 heavy (non-hydrogen) atoms. The minimum Gasteiger partial charge on any atom is -0.383 e. The lowest BCUT2D eigenvalue weighted by Gasteiger charge is -2.28. The van der Waals surface area contributed by atoms with E-state index in [9.17, 15) is 0 Å². The van der Waals surface area contributed by atoms with Crippen LogP contribution in [0.3, 0.4) is 0 Å². The van der Waals surface area contributed by atoms with Gasteiger partial charge in [-0.2, -0.15) is 0 Å². The number of nitrogen functional groups attached to an aromatic ring is 1. The topological polar surface area (TPSA) is 64.3 Å². The molecule has 0 atom stereocenters. The number of ether oxygens (including phenoxy) is 1. The summed E-state index contributed by atoms with van der Waals surface area (Å²) in [4.78, 5) is 10.3. The van der Waals surface area contributed by atoms with Gasteiger partial charge in [0.15, 0.2) is 0 Å². The Hall–Kier alpha value is -0.880. The quantitative estimate of drug-likeness (QED) is 0.893. The van der Waals surface area contributed by atoms with Gasteiger partial charge in [0.2, 0.25) is 0 Å². The Bertz CT molecular complexity index is 346. The van der Waals surface area contributed by atoms with E-state index in [0.717, 1.165) is 16.8 Å². The summed E-state index contributed by atoms with van der Waals surface area (Å²) in [5, 5.41) is 0. The van der Waals surface area contributed by atoms with Crippen LogP contribution in [0.2, 0.25) is 0 Å². The molecule has 5 nitrogen and oxygen atoms in total. The average molecular weight is 289 g/mol. The van der Waals surface area contributed by atoms with E-state index >= 15 is 0 Å². The van der Waals surface area contributed by atoms with E-state index in [4.69, 9.17) is 10.5 Å². The second-order valence-corrected chi connectivity index (χ2v) is 4.47. The second kappa shape index (κ2) is 6.00. The first-order chi connectivity index (χ1) is 7.57. The zero-order valence-electron chi connectivity index (χ0n) is 9.77. The van der Waals surface area contributed by atoms with Gasteiger partial charge in [0.1, 0.15) is 22.4 Å². The van der Waals surface area contributed by atoms with Crippen molar-refractivity contribution in [1.29, 1.82) is 0 Å². The molecule has 0 amide bonds. The maximum atomic E-state index is 5.73. The van der Waals surface area contributed by atoms with Crippen molar-refractivity contribution in [3.63, 3.8) is 0 Å². The van der Waals surface area contributed by atoms with E-state index in [1.807, 2.05) is 0 Å². The van der Waals surface area contributed by atoms with Crippen LogP contribution in [0, 0.1) is 0 Å². The molecule has 0 aliphatic rings. The van der Waals surface area contributed by atoms with Crippen molar-refractivity contribution in [2.75, 3.05) is 30.9 Å². The molecule has 0 spiro atoms. The molecule has 0 radical (unpaired) electrons. The van der Waals surface area contributed by atoms with Gasteiger partial charge in [-0.25, -0.2) is 9.97 Å². The van der Waals surface area contributed by atoms with Crippen LogP contribution in [0.1, 0.15) is 13.8 Å². The number of hydrogen-bond donors (Lipinski definition) is 1. The van der Waals surface area contributed by atoms with Crippen LogP contribution in [0.5, 0.6) is 0 Å². The van der Waals surface area contributed by atoms with E-state index in [1.165, 1.54) is 6.33 Å². The van der Waals surface area contributed by atoms with Gasteiger partial charge in [0.25, 0.3) is 0 Å². The summed E-state index contributed by atoms with van der Waals surface area (Å²) in [5.41, 5.74) is 5.73. The molecule has 2 N–H and O–H groups in total. The smallest absolute Gasteiger partial charge is 0.148 e. The van der Waals surface area contributed by atoms with Gasteiger partial charge in [-0.3, -0.25) is 0 Å². The number of anilines is 2. The monoisotopic (exact) mass is 288 g/mol. The fraction of sp³-hybridized carbons (Fsp3) is 0.600. The molecule has 0 bridgehead atoms. The molecule has 0 aliphatic carbocycles. The van der Waals surface area contributed by atoms with Crippen LogP contribution in [0.25, 0.3) is 0 Å². The van der Waals surface area contributed by atoms with Gasteiger partial charge in [-0.05, 0) is 29.8 Å². The van der Waals surface area contributed by atoms with Crippen LogP contribution in [0.15, 0.2) is 10.8 Å². The van der Waals surface area contributed by atoms with E-state index in [1.54, 1.807) is 7.11 Å². The van der Waals surface area contributed by atoms with Gasteiger partial charge in [-0.1, -0.05) is 0 Å². The summed E-state index contributed by atoms with van der Waals surface area (Å²) >= 11 is 3.41. The van der Waals surface area contributed by atoms with Crippen molar-refractivity contribution < 1.29 is 4.74 Å². The SMILES string of the molecule is COCCN(c1ncnc(N)c1Br)C(C)C. The number of nitrogens with two attached hydrogens (primary N) is 1. The number of rotatable bonds is 5. The summed E-state index contributed by atoms with van der Waals surface area (Å²) in [6, 6.07) is 0.320.